The number of anilines is 1. The predicted molar refractivity (Wildman–Crippen MR) is 96.4 cm³/mol. The Balaban J connectivity index is 1.88. The molecule has 0 aliphatic carbocycles. The van der Waals surface area contributed by atoms with Gasteiger partial charge in [0.05, 0.1) is 0 Å². The molecule has 2 rings (SSSR count). The first-order valence-electron chi connectivity index (χ1n) is 8.45. The monoisotopic (exact) mass is 298 g/mol. The Hall–Kier alpha value is -1.46. The summed E-state index contributed by atoms with van der Waals surface area (Å²) in [4.78, 5) is 2.50. The Morgan fingerprint density at radius 3 is 2.32 bits per heavy atom. The maximum Gasteiger partial charge on any atom is 0.0366 e. The summed E-state index contributed by atoms with van der Waals surface area (Å²) in [7, 11) is 0. The van der Waals surface area contributed by atoms with Crippen LogP contribution in [0.2, 0.25) is 0 Å². The number of rotatable bonds is 4. The highest BCUT2D eigenvalue weighted by atomic mass is 15.1. The molecule has 1 aromatic carbocycles. The quantitative estimate of drug-likeness (QED) is 0.847. The molecular weight excluding hydrogens is 268 g/mol. The van der Waals surface area contributed by atoms with Crippen LogP contribution in [0.4, 0.5) is 5.69 Å². The van der Waals surface area contributed by atoms with Crippen molar-refractivity contribution < 1.29 is 0 Å². The molecule has 1 aliphatic rings. The molecule has 0 unspecified atom stereocenters. The van der Waals surface area contributed by atoms with Gasteiger partial charge in [-0.2, -0.15) is 0 Å². The van der Waals surface area contributed by atoms with Crippen molar-refractivity contribution in [1.82, 2.24) is 5.32 Å². The van der Waals surface area contributed by atoms with E-state index in [0.29, 0.717) is 12.1 Å². The van der Waals surface area contributed by atoms with E-state index in [1.54, 1.807) is 0 Å². The van der Waals surface area contributed by atoms with E-state index in [0.717, 1.165) is 19.5 Å². The minimum Gasteiger partial charge on any atom is -0.371 e. The van der Waals surface area contributed by atoms with Crippen molar-refractivity contribution in [3.63, 3.8) is 0 Å². The second-order valence-corrected chi connectivity index (χ2v) is 7.53. The van der Waals surface area contributed by atoms with Crippen LogP contribution in [-0.4, -0.2) is 25.2 Å². The summed E-state index contributed by atoms with van der Waals surface area (Å²) in [6.45, 7) is 11.2. The van der Waals surface area contributed by atoms with Crippen molar-refractivity contribution >= 4 is 5.69 Å². The van der Waals surface area contributed by atoms with Crippen molar-refractivity contribution in [3.05, 3.63) is 29.8 Å². The van der Waals surface area contributed by atoms with E-state index in [4.69, 9.17) is 6.42 Å². The van der Waals surface area contributed by atoms with Crippen LogP contribution in [0, 0.1) is 12.3 Å². The van der Waals surface area contributed by atoms with Crippen LogP contribution in [0.15, 0.2) is 24.3 Å². The lowest BCUT2D eigenvalue weighted by atomic mass is 9.87. The first kappa shape index (κ1) is 16.9. The fraction of sp³-hybridized carbons (Fsp3) is 0.600. The SMILES string of the molecule is C#CC[C@@H](C)NC1CCN(c2ccc(C(C)(C)C)cc2)CC1. The van der Waals surface area contributed by atoms with Crippen molar-refractivity contribution in [1.29, 1.82) is 0 Å². The van der Waals surface area contributed by atoms with Gasteiger partial charge in [-0.25, -0.2) is 0 Å². The molecule has 1 fully saturated rings. The number of hydrogen-bond acceptors (Lipinski definition) is 2. The van der Waals surface area contributed by atoms with Gasteiger partial charge in [0.2, 0.25) is 0 Å². The smallest absolute Gasteiger partial charge is 0.0366 e. The molecule has 0 bridgehead atoms. The zero-order chi connectivity index (χ0) is 16.2. The summed E-state index contributed by atoms with van der Waals surface area (Å²) in [5, 5.41) is 3.65. The molecule has 1 N–H and O–H groups in total. The molecule has 120 valence electrons. The molecule has 0 spiro atoms. The van der Waals surface area contributed by atoms with Gasteiger partial charge in [-0.15, -0.1) is 12.3 Å². The number of nitrogens with zero attached hydrogens (tertiary/aromatic N) is 1. The van der Waals surface area contributed by atoms with E-state index in [-0.39, 0.29) is 5.41 Å². The Morgan fingerprint density at radius 2 is 1.82 bits per heavy atom. The van der Waals surface area contributed by atoms with Crippen LogP contribution in [0.3, 0.4) is 0 Å². The van der Waals surface area contributed by atoms with Gasteiger partial charge in [-0.05, 0) is 42.9 Å². The summed E-state index contributed by atoms with van der Waals surface area (Å²) >= 11 is 0. The zero-order valence-electron chi connectivity index (χ0n) is 14.5. The van der Waals surface area contributed by atoms with Gasteiger partial charge in [0.1, 0.15) is 0 Å². The average molecular weight is 298 g/mol. The molecule has 1 aliphatic heterocycles. The molecule has 1 atom stereocenters. The van der Waals surface area contributed by atoms with Gasteiger partial charge in [-0.3, -0.25) is 0 Å². The summed E-state index contributed by atoms with van der Waals surface area (Å²) in [5.74, 6) is 2.74. The highest BCUT2D eigenvalue weighted by molar-refractivity contribution is 5.49. The van der Waals surface area contributed by atoms with E-state index in [9.17, 15) is 0 Å². The standard InChI is InChI=1S/C20H30N2/c1-6-7-16(2)21-18-12-14-22(15-13-18)19-10-8-17(9-11-19)20(3,4)5/h1,8-11,16,18,21H,7,12-15H2,2-5H3/t16-/m1/s1. The summed E-state index contributed by atoms with van der Waals surface area (Å²) in [5.41, 5.74) is 2.97. The number of nitrogens with one attached hydrogen (secondary N) is 1. The second kappa shape index (κ2) is 7.20. The molecule has 1 heterocycles. The van der Waals surface area contributed by atoms with Gasteiger partial charge in [0, 0.05) is 37.3 Å². The highest BCUT2D eigenvalue weighted by Gasteiger charge is 2.21. The topological polar surface area (TPSA) is 15.3 Å². The minimum absolute atomic E-state index is 0.225. The van der Waals surface area contributed by atoms with Gasteiger partial charge < -0.3 is 10.2 Å². The first-order chi connectivity index (χ1) is 10.4. The Morgan fingerprint density at radius 1 is 1.23 bits per heavy atom. The van der Waals surface area contributed by atoms with Crippen LogP contribution in [-0.2, 0) is 5.41 Å². The van der Waals surface area contributed by atoms with Crippen molar-refractivity contribution in [2.45, 2.75) is 64.5 Å². The average Bonchev–Trinajstić information content (AvgIpc) is 2.47. The molecule has 2 heteroatoms. The highest BCUT2D eigenvalue weighted by Crippen LogP contribution is 2.26. The van der Waals surface area contributed by atoms with Crippen molar-refractivity contribution in [2.75, 3.05) is 18.0 Å². The van der Waals surface area contributed by atoms with Gasteiger partial charge in [0.25, 0.3) is 0 Å². The lowest BCUT2D eigenvalue weighted by Gasteiger charge is -2.35. The summed E-state index contributed by atoms with van der Waals surface area (Å²) in [6.07, 6.45) is 8.57. The van der Waals surface area contributed by atoms with E-state index in [1.165, 1.54) is 24.1 Å². The molecular formula is C20H30N2. The van der Waals surface area contributed by atoms with E-state index < -0.39 is 0 Å². The lowest BCUT2D eigenvalue weighted by Crippen LogP contribution is -2.45. The molecule has 1 aromatic rings. The predicted octanol–water partition coefficient (Wildman–Crippen LogP) is 3.95. The fourth-order valence-corrected chi connectivity index (χ4v) is 3.11. The third-order valence-corrected chi connectivity index (χ3v) is 4.54. The molecule has 0 aromatic heterocycles. The number of hydrogen-bond donors (Lipinski definition) is 1. The Bertz CT molecular complexity index is 496. The van der Waals surface area contributed by atoms with E-state index >= 15 is 0 Å². The lowest BCUT2D eigenvalue weighted by molar-refractivity contribution is 0.379. The molecule has 0 radical (unpaired) electrons. The number of piperidine rings is 1. The second-order valence-electron chi connectivity index (χ2n) is 7.53. The van der Waals surface area contributed by atoms with Crippen molar-refractivity contribution in [2.24, 2.45) is 0 Å². The Labute approximate surface area is 136 Å². The fourth-order valence-electron chi connectivity index (χ4n) is 3.11. The third kappa shape index (κ3) is 4.52. The maximum absolute atomic E-state index is 5.38. The number of terminal acetylenes is 1. The van der Waals surface area contributed by atoms with Crippen LogP contribution in [0.1, 0.15) is 52.5 Å². The molecule has 0 saturated carbocycles. The zero-order valence-corrected chi connectivity index (χ0v) is 14.5. The van der Waals surface area contributed by atoms with Crippen LogP contribution in [0.25, 0.3) is 0 Å². The Kier molecular flexibility index (Phi) is 5.53. The summed E-state index contributed by atoms with van der Waals surface area (Å²) in [6, 6.07) is 10.1. The molecule has 2 nitrogen and oxygen atoms in total. The van der Waals surface area contributed by atoms with E-state index in [1.807, 2.05) is 0 Å². The molecule has 0 amide bonds. The minimum atomic E-state index is 0.225. The van der Waals surface area contributed by atoms with Gasteiger partial charge in [-0.1, -0.05) is 32.9 Å². The third-order valence-electron chi connectivity index (χ3n) is 4.54. The molecule has 1 saturated heterocycles. The number of benzene rings is 1. The normalized spacial score (nSPS) is 18.0. The maximum atomic E-state index is 5.38. The van der Waals surface area contributed by atoms with Crippen LogP contribution >= 0.6 is 0 Å². The largest absolute Gasteiger partial charge is 0.371 e. The van der Waals surface area contributed by atoms with Crippen LogP contribution < -0.4 is 10.2 Å². The first-order valence-corrected chi connectivity index (χ1v) is 8.45. The van der Waals surface area contributed by atoms with Gasteiger partial charge >= 0.3 is 0 Å². The van der Waals surface area contributed by atoms with E-state index in [2.05, 4.69) is 68.1 Å². The van der Waals surface area contributed by atoms with Crippen LogP contribution in [0.5, 0.6) is 0 Å². The summed E-state index contributed by atoms with van der Waals surface area (Å²) < 4.78 is 0. The molecule has 22 heavy (non-hydrogen) atoms. The van der Waals surface area contributed by atoms with Gasteiger partial charge in [0.15, 0.2) is 0 Å². The van der Waals surface area contributed by atoms with Crippen molar-refractivity contribution in [3.8, 4) is 12.3 Å².